The van der Waals surface area contributed by atoms with Gasteiger partial charge in [0, 0.05) is 52.4 Å². The molecule has 2 fully saturated rings. The Bertz CT molecular complexity index is 2520. The van der Waals surface area contributed by atoms with E-state index in [1.54, 1.807) is 31.2 Å². The van der Waals surface area contributed by atoms with E-state index in [9.17, 15) is 29.5 Å². The maximum absolute atomic E-state index is 14.0. The zero-order valence-corrected chi connectivity index (χ0v) is 32.4. The van der Waals surface area contributed by atoms with Crippen molar-refractivity contribution < 1.29 is 47.6 Å². The lowest BCUT2D eigenvalue weighted by atomic mass is 9.71. The summed E-state index contributed by atoms with van der Waals surface area (Å²) in [7, 11) is 3.43. The maximum Gasteiger partial charge on any atom is 0.349 e. The number of para-hydroxylation sites is 1. The van der Waals surface area contributed by atoms with Crippen molar-refractivity contribution in [3.8, 4) is 34.8 Å². The summed E-state index contributed by atoms with van der Waals surface area (Å²) in [5, 5.41) is 25.6. The van der Waals surface area contributed by atoms with Gasteiger partial charge in [0.2, 0.25) is 6.79 Å². The first-order valence-electron chi connectivity index (χ1n) is 18.5. The Morgan fingerprint density at radius 3 is 2.58 bits per heavy atom. The number of likely N-dealkylation sites (N-methyl/N-ethyl adjacent to an activating group) is 1. The summed E-state index contributed by atoms with van der Waals surface area (Å²) in [5.74, 6) is -0.849. The zero-order chi connectivity index (χ0) is 40.0. The first kappa shape index (κ1) is 36.9. The minimum absolute atomic E-state index is 0.00999. The highest BCUT2D eigenvalue weighted by atomic mass is 32.2. The quantitative estimate of drug-likeness (QED) is 0.170. The molecule has 15 nitrogen and oxygen atoms in total. The number of fused-ring (bicyclic) bond motifs is 11. The lowest BCUT2D eigenvalue weighted by Gasteiger charge is -2.61. The number of ether oxygens (including phenoxy) is 5. The molecule has 1 amide bonds. The second-order valence-corrected chi connectivity index (χ2v) is 16.1. The number of benzene rings is 3. The number of piperazine rings is 1. The summed E-state index contributed by atoms with van der Waals surface area (Å²) in [6.07, 6.45) is 0.445. The minimum Gasteiger partial charge on any atom is -0.504 e. The van der Waals surface area contributed by atoms with E-state index in [4.69, 9.17) is 28.1 Å². The van der Waals surface area contributed by atoms with E-state index in [0.29, 0.717) is 56.9 Å². The number of aryl methyl sites for hydroxylation is 1. The summed E-state index contributed by atoms with van der Waals surface area (Å²) in [6.45, 7) is 4.54. The van der Waals surface area contributed by atoms with Crippen LogP contribution < -0.4 is 29.9 Å². The molecule has 0 aliphatic carbocycles. The van der Waals surface area contributed by atoms with E-state index in [-0.39, 0.29) is 42.3 Å². The van der Waals surface area contributed by atoms with Crippen molar-refractivity contribution >= 4 is 40.6 Å². The monoisotopic (exact) mass is 794 g/mol. The third-order valence-electron chi connectivity index (χ3n) is 11.9. The van der Waals surface area contributed by atoms with Crippen LogP contribution in [0.25, 0.3) is 11.0 Å². The first-order valence-corrected chi connectivity index (χ1v) is 19.5. The Balaban J connectivity index is 1.23. The molecule has 16 heteroatoms. The number of carbonyl (C=O) groups excluding carboxylic acids is 3. The van der Waals surface area contributed by atoms with E-state index in [1.807, 2.05) is 20.0 Å². The van der Waals surface area contributed by atoms with Crippen molar-refractivity contribution in [2.45, 2.75) is 68.7 Å². The second kappa shape index (κ2) is 13.7. The molecule has 0 radical (unpaired) electrons. The predicted molar refractivity (Wildman–Crippen MR) is 204 cm³/mol. The number of amides is 1. The Morgan fingerprint density at radius 2 is 1.82 bits per heavy atom. The first-order chi connectivity index (χ1) is 27.4. The molecule has 10 rings (SSSR count). The molecule has 4 bridgehead atoms. The molecule has 294 valence electrons. The van der Waals surface area contributed by atoms with Crippen molar-refractivity contribution in [1.29, 1.82) is 5.26 Å². The van der Waals surface area contributed by atoms with Gasteiger partial charge in [-0.1, -0.05) is 24.3 Å². The molecule has 1 unspecified atom stereocenters. The van der Waals surface area contributed by atoms with Crippen LogP contribution in [-0.4, -0.2) is 90.2 Å². The summed E-state index contributed by atoms with van der Waals surface area (Å²) >= 11 is 1.29. The fourth-order valence-electron chi connectivity index (χ4n) is 9.52. The lowest BCUT2D eigenvalue weighted by molar-refractivity contribution is -0.151. The lowest BCUT2D eigenvalue weighted by Crippen LogP contribution is -2.69. The topological polar surface area (TPSA) is 190 Å². The van der Waals surface area contributed by atoms with Crippen LogP contribution in [0.4, 0.5) is 0 Å². The SMILES string of the molecule is COc1c(C)cc2c(c1O)[C@@H]1[C@@H]3[C@@H]4SCC(NC(=O)c5cc6ccccc6oc5=O)C(=O)OC[C@H](c5c6c(c(C)c(OC(C)=O)c54)OCO6)N3[C@@H](C#N)[C@@H](C2)N1C. The normalized spacial score (nSPS) is 26.0. The third-order valence-corrected chi connectivity index (χ3v) is 13.2. The number of methoxy groups -OCH3 is 1. The highest BCUT2D eigenvalue weighted by Gasteiger charge is 2.60. The Kier molecular flexibility index (Phi) is 8.87. The molecular weight excluding hydrogens is 757 g/mol. The number of nitrogens with one attached hydrogen (secondary N) is 1. The Morgan fingerprint density at radius 1 is 1.05 bits per heavy atom. The molecular formula is C41H38N4O11S. The van der Waals surface area contributed by atoms with Gasteiger partial charge in [-0.15, -0.1) is 11.8 Å². The number of hydrogen-bond acceptors (Lipinski definition) is 15. The fourth-order valence-corrected chi connectivity index (χ4v) is 11.0. The molecule has 0 saturated carbocycles. The van der Waals surface area contributed by atoms with Crippen LogP contribution >= 0.6 is 11.8 Å². The minimum atomic E-state index is -1.24. The van der Waals surface area contributed by atoms with Gasteiger partial charge in [0.05, 0.1) is 30.5 Å². The molecule has 4 aromatic rings. The summed E-state index contributed by atoms with van der Waals surface area (Å²) in [6, 6.07) is 8.43. The van der Waals surface area contributed by atoms with Crippen molar-refractivity contribution in [1.82, 2.24) is 15.1 Å². The Labute approximate surface area is 330 Å². The van der Waals surface area contributed by atoms with Crippen LogP contribution in [0.15, 0.2) is 45.6 Å². The number of phenols is 1. The zero-order valence-electron chi connectivity index (χ0n) is 31.6. The van der Waals surface area contributed by atoms with E-state index < -0.39 is 58.9 Å². The number of nitrogens with zero attached hydrogens (tertiary/aromatic N) is 3. The van der Waals surface area contributed by atoms with E-state index in [2.05, 4.69) is 21.2 Å². The number of hydrogen-bond donors (Lipinski definition) is 2. The van der Waals surface area contributed by atoms with Gasteiger partial charge in [0.1, 0.15) is 35.6 Å². The summed E-state index contributed by atoms with van der Waals surface area (Å²) in [5.41, 5.74) is 3.12. The van der Waals surface area contributed by atoms with Crippen molar-refractivity contribution in [2.75, 3.05) is 33.3 Å². The average Bonchev–Trinajstić information content (AvgIpc) is 3.67. The third kappa shape index (κ3) is 5.54. The largest absolute Gasteiger partial charge is 0.504 e. The smallest absolute Gasteiger partial charge is 0.349 e. The molecule has 57 heavy (non-hydrogen) atoms. The Hall–Kier alpha value is -5.76. The number of esters is 2. The number of nitriles is 1. The van der Waals surface area contributed by atoms with Gasteiger partial charge in [-0.25, -0.2) is 9.59 Å². The number of rotatable bonds is 4. The van der Waals surface area contributed by atoms with Crippen LogP contribution in [-0.2, 0) is 20.7 Å². The van der Waals surface area contributed by atoms with Crippen LogP contribution in [0.3, 0.4) is 0 Å². The highest BCUT2D eigenvalue weighted by Crippen LogP contribution is 2.64. The second-order valence-electron chi connectivity index (χ2n) is 14.9. The molecule has 7 atom stereocenters. The highest BCUT2D eigenvalue weighted by molar-refractivity contribution is 7.99. The van der Waals surface area contributed by atoms with Gasteiger partial charge in [-0.2, -0.15) is 5.26 Å². The van der Waals surface area contributed by atoms with Crippen LogP contribution in [0.1, 0.15) is 68.0 Å². The van der Waals surface area contributed by atoms with Gasteiger partial charge < -0.3 is 38.5 Å². The van der Waals surface area contributed by atoms with Gasteiger partial charge >= 0.3 is 17.6 Å². The van der Waals surface area contributed by atoms with Gasteiger partial charge in [0.25, 0.3) is 5.91 Å². The van der Waals surface area contributed by atoms with Crippen LogP contribution in [0, 0.1) is 25.2 Å². The fraction of sp³-hybridized carbons (Fsp3) is 0.390. The molecule has 2 saturated heterocycles. The molecule has 1 aromatic heterocycles. The van der Waals surface area contributed by atoms with Gasteiger partial charge in [-0.05, 0) is 50.6 Å². The van der Waals surface area contributed by atoms with E-state index in [1.165, 1.54) is 31.9 Å². The molecule has 2 N–H and O–H groups in total. The summed E-state index contributed by atoms with van der Waals surface area (Å²) in [4.78, 5) is 57.8. The maximum atomic E-state index is 14.0. The van der Waals surface area contributed by atoms with Crippen molar-refractivity contribution in [3.05, 3.63) is 85.8 Å². The van der Waals surface area contributed by atoms with Gasteiger partial charge in [-0.3, -0.25) is 19.4 Å². The predicted octanol–water partition coefficient (Wildman–Crippen LogP) is 4.14. The van der Waals surface area contributed by atoms with E-state index >= 15 is 0 Å². The van der Waals surface area contributed by atoms with Crippen molar-refractivity contribution in [2.24, 2.45) is 0 Å². The van der Waals surface area contributed by atoms with E-state index in [0.717, 1.165) is 11.1 Å². The van der Waals surface area contributed by atoms with Gasteiger partial charge in [0.15, 0.2) is 23.0 Å². The van der Waals surface area contributed by atoms with Crippen LogP contribution in [0.2, 0.25) is 0 Å². The molecule has 6 aliphatic rings. The summed E-state index contributed by atoms with van der Waals surface area (Å²) < 4.78 is 35.3. The molecule has 6 aliphatic heterocycles. The standard InChI is InChI=1S/C41H38N4O11S/c1-17-10-21-12-24-25(13-42)45-26-14-52-41(50)23(43-39(48)22-11-20-8-6-7-9-27(20)56-40(22)49)15-57-38(32(45)31(44(24)4)28(21)33(47)34(17)51-5)30-29(26)37-36(53-16-54-37)18(2)35(30)55-19(3)46/h6-11,23-26,31-32,38,47H,12,14-16H2,1-5H3,(H,43,48)/t23?,24-,25+,26-,31-,32-,38-/m1/s1. The molecule has 0 spiro atoms. The number of thioether (sulfide) groups is 1. The molecule has 3 aromatic carbocycles. The molecule has 7 heterocycles. The number of aromatic hydroxyl groups is 1. The van der Waals surface area contributed by atoms with Crippen molar-refractivity contribution in [3.63, 3.8) is 0 Å². The number of carbonyl (C=O) groups is 3. The van der Waals surface area contributed by atoms with Crippen LogP contribution in [0.5, 0.6) is 28.7 Å². The average molecular weight is 795 g/mol. The number of phenolic OH excluding ortho intramolecular Hbond substituents is 1.